The van der Waals surface area contributed by atoms with Gasteiger partial charge < -0.3 is 10.2 Å². The van der Waals surface area contributed by atoms with Crippen molar-refractivity contribution in [2.45, 2.75) is 30.3 Å². The number of sulfonamides is 1. The van der Waals surface area contributed by atoms with Crippen LogP contribution in [0, 0.1) is 11.6 Å². The highest BCUT2D eigenvalue weighted by atomic mass is 32.2. The molecule has 1 amide bonds. The Hall–Kier alpha value is -3.50. The van der Waals surface area contributed by atoms with E-state index in [1.807, 2.05) is 0 Å². The third-order valence-corrected chi connectivity index (χ3v) is 8.09. The number of benzene rings is 3. The van der Waals surface area contributed by atoms with E-state index in [0.29, 0.717) is 11.7 Å². The van der Waals surface area contributed by atoms with Gasteiger partial charge in [-0.25, -0.2) is 17.2 Å². The lowest BCUT2D eigenvalue weighted by atomic mass is 10.1. The maximum Gasteiger partial charge on any atom is 0.261 e. The molecule has 2 fully saturated rings. The predicted octanol–water partition coefficient (Wildman–Crippen LogP) is 3.98. The molecule has 3 aromatic rings. The first kappa shape index (κ1) is 25.2. The molecule has 3 aromatic carbocycles. The number of amides is 1. The molecule has 0 radical (unpaired) electrons. The second-order valence-corrected chi connectivity index (χ2v) is 11.0. The van der Waals surface area contributed by atoms with E-state index in [9.17, 15) is 22.0 Å². The molecule has 1 saturated heterocycles. The molecule has 2 N–H and O–H groups in total. The molecular formula is C27H28F2N4O3S. The van der Waals surface area contributed by atoms with Crippen LogP contribution in [0.15, 0.2) is 71.6 Å². The van der Waals surface area contributed by atoms with Gasteiger partial charge in [0.25, 0.3) is 15.9 Å². The number of hydrogen-bond acceptors (Lipinski definition) is 5. The summed E-state index contributed by atoms with van der Waals surface area (Å²) in [7, 11) is -4.03. The summed E-state index contributed by atoms with van der Waals surface area (Å²) in [5, 5.41) is 2.79. The number of nitrogens with zero attached hydrogens (tertiary/aromatic N) is 2. The summed E-state index contributed by atoms with van der Waals surface area (Å²) in [5.74, 6) is -1.29. The number of carbonyl (C=O) groups excluding carboxylic acids is 1. The van der Waals surface area contributed by atoms with E-state index in [1.54, 1.807) is 24.3 Å². The van der Waals surface area contributed by atoms with E-state index in [2.05, 4.69) is 19.8 Å². The fourth-order valence-electron chi connectivity index (χ4n) is 4.51. The zero-order valence-corrected chi connectivity index (χ0v) is 21.0. The Kier molecular flexibility index (Phi) is 7.12. The number of nitrogens with one attached hydrogen (secondary N) is 2. The summed E-state index contributed by atoms with van der Waals surface area (Å²) in [4.78, 5) is 17.4. The van der Waals surface area contributed by atoms with E-state index in [4.69, 9.17) is 0 Å². The van der Waals surface area contributed by atoms with Crippen LogP contribution in [0.5, 0.6) is 0 Å². The largest absolute Gasteiger partial charge is 0.367 e. The Morgan fingerprint density at radius 3 is 2.11 bits per heavy atom. The smallest absolute Gasteiger partial charge is 0.261 e. The molecule has 1 aliphatic heterocycles. The Bertz CT molecular complexity index is 1370. The van der Waals surface area contributed by atoms with Crippen LogP contribution in [0.1, 0.15) is 28.8 Å². The average molecular weight is 527 g/mol. The second kappa shape index (κ2) is 10.5. The van der Waals surface area contributed by atoms with Gasteiger partial charge in [0.05, 0.1) is 16.3 Å². The monoisotopic (exact) mass is 526 g/mol. The number of anilines is 2. The van der Waals surface area contributed by atoms with Crippen LogP contribution in [0.2, 0.25) is 0 Å². The third kappa shape index (κ3) is 6.08. The van der Waals surface area contributed by atoms with E-state index < -0.39 is 21.7 Å². The quantitative estimate of drug-likeness (QED) is 0.464. The lowest BCUT2D eigenvalue weighted by molar-refractivity contribution is 0.0951. The normalized spacial score (nSPS) is 16.4. The fraction of sp³-hybridized carbons (Fsp3) is 0.296. The van der Waals surface area contributed by atoms with Crippen molar-refractivity contribution in [3.8, 4) is 0 Å². The van der Waals surface area contributed by atoms with Gasteiger partial charge >= 0.3 is 0 Å². The molecule has 1 heterocycles. The second-order valence-electron chi connectivity index (χ2n) is 9.35. The van der Waals surface area contributed by atoms with Crippen LogP contribution >= 0.6 is 0 Å². The Labute approximate surface area is 215 Å². The van der Waals surface area contributed by atoms with Crippen molar-refractivity contribution < 1.29 is 22.0 Å². The minimum Gasteiger partial charge on any atom is -0.367 e. The van der Waals surface area contributed by atoms with Gasteiger partial charge in [-0.05, 0) is 73.0 Å². The zero-order chi connectivity index (χ0) is 26.0. The molecule has 0 aromatic heterocycles. The first-order valence-corrected chi connectivity index (χ1v) is 13.7. The summed E-state index contributed by atoms with van der Waals surface area (Å²) in [6.45, 7) is 3.43. The Morgan fingerprint density at radius 2 is 1.49 bits per heavy atom. The summed E-state index contributed by atoms with van der Waals surface area (Å²) < 4.78 is 55.4. The predicted molar refractivity (Wildman–Crippen MR) is 138 cm³/mol. The number of piperazine rings is 1. The molecule has 37 heavy (non-hydrogen) atoms. The van der Waals surface area contributed by atoms with Gasteiger partial charge in [0.1, 0.15) is 11.6 Å². The third-order valence-electron chi connectivity index (χ3n) is 6.71. The molecule has 2 aliphatic rings. The molecule has 0 spiro atoms. The van der Waals surface area contributed by atoms with Crippen LogP contribution in [-0.2, 0) is 16.6 Å². The van der Waals surface area contributed by atoms with E-state index in [0.717, 1.165) is 43.9 Å². The highest BCUT2D eigenvalue weighted by Gasteiger charge is 2.32. The topological polar surface area (TPSA) is 81.8 Å². The Morgan fingerprint density at radius 1 is 0.865 bits per heavy atom. The molecule has 10 heteroatoms. The molecule has 0 atom stereocenters. The minimum absolute atomic E-state index is 0.0791. The van der Waals surface area contributed by atoms with Crippen molar-refractivity contribution in [3.05, 3.63) is 89.5 Å². The zero-order valence-electron chi connectivity index (χ0n) is 20.2. The van der Waals surface area contributed by atoms with Crippen molar-refractivity contribution in [1.29, 1.82) is 0 Å². The molecule has 0 unspecified atom stereocenters. The number of halogens is 2. The maximum atomic E-state index is 13.4. The summed E-state index contributed by atoms with van der Waals surface area (Å²) >= 11 is 0. The highest BCUT2D eigenvalue weighted by molar-refractivity contribution is 7.92. The fourth-order valence-corrected chi connectivity index (χ4v) is 5.57. The molecule has 1 aliphatic carbocycles. The van der Waals surface area contributed by atoms with Gasteiger partial charge in [0.15, 0.2) is 0 Å². The molecule has 194 valence electrons. The van der Waals surface area contributed by atoms with E-state index in [1.165, 1.54) is 43.2 Å². The van der Waals surface area contributed by atoms with Crippen LogP contribution in [0.3, 0.4) is 0 Å². The summed E-state index contributed by atoms with van der Waals surface area (Å²) in [6.07, 6.45) is 2.45. The van der Waals surface area contributed by atoms with Crippen LogP contribution in [0.25, 0.3) is 0 Å². The van der Waals surface area contributed by atoms with Crippen LogP contribution < -0.4 is 14.9 Å². The van der Waals surface area contributed by atoms with Crippen molar-refractivity contribution in [2.24, 2.45) is 0 Å². The van der Waals surface area contributed by atoms with Gasteiger partial charge in [-0.1, -0.05) is 12.1 Å². The van der Waals surface area contributed by atoms with Crippen LogP contribution in [-0.4, -0.2) is 51.4 Å². The van der Waals surface area contributed by atoms with Crippen molar-refractivity contribution >= 4 is 27.3 Å². The van der Waals surface area contributed by atoms with Gasteiger partial charge in [-0.3, -0.25) is 14.4 Å². The summed E-state index contributed by atoms with van der Waals surface area (Å²) in [6, 6.07) is 16.0. The standard InChI is InChI=1S/C27H28F2N4O3S/c28-21-4-1-19(2-5-21)18-30-27(34)20-3-12-26(33-15-13-32(14-16-33)23-8-9-23)25(17-20)31-37(35,36)24-10-6-22(29)7-11-24/h1-7,10-12,17,23,31H,8-9,13-16,18H2,(H,30,34). The Balaban J connectivity index is 1.38. The lowest BCUT2D eigenvalue weighted by Crippen LogP contribution is -2.47. The first-order valence-electron chi connectivity index (χ1n) is 12.2. The van der Waals surface area contributed by atoms with Gasteiger partial charge in [0, 0.05) is 44.3 Å². The SMILES string of the molecule is O=C(NCc1ccc(F)cc1)c1ccc(N2CCN(C3CC3)CC2)c(NS(=O)(=O)c2ccc(F)cc2)c1. The van der Waals surface area contributed by atoms with Gasteiger partial charge in [-0.15, -0.1) is 0 Å². The average Bonchev–Trinajstić information content (AvgIpc) is 3.74. The lowest BCUT2D eigenvalue weighted by Gasteiger charge is -2.37. The van der Waals surface area contributed by atoms with Crippen molar-refractivity contribution in [2.75, 3.05) is 35.8 Å². The maximum absolute atomic E-state index is 13.4. The van der Waals surface area contributed by atoms with E-state index in [-0.39, 0.29) is 28.5 Å². The molecule has 1 saturated carbocycles. The molecule has 7 nitrogen and oxygen atoms in total. The summed E-state index contributed by atoms with van der Waals surface area (Å²) in [5.41, 5.74) is 1.96. The number of carbonyl (C=O) groups is 1. The molecular weight excluding hydrogens is 498 g/mol. The van der Waals surface area contributed by atoms with Gasteiger partial charge in [-0.2, -0.15) is 0 Å². The highest BCUT2D eigenvalue weighted by Crippen LogP contribution is 2.33. The van der Waals surface area contributed by atoms with Crippen molar-refractivity contribution in [3.63, 3.8) is 0 Å². The molecule has 5 rings (SSSR count). The number of hydrogen-bond donors (Lipinski definition) is 2. The number of rotatable bonds is 8. The van der Waals surface area contributed by atoms with Gasteiger partial charge in [0.2, 0.25) is 0 Å². The molecule has 0 bridgehead atoms. The first-order chi connectivity index (χ1) is 17.8. The minimum atomic E-state index is -4.03. The van der Waals surface area contributed by atoms with Crippen molar-refractivity contribution in [1.82, 2.24) is 10.2 Å². The van der Waals surface area contributed by atoms with Crippen LogP contribution in [0.4, 0.5) is 20.2 Å². The van der Waals surface area contributed by atoms with E-state index >= 15 is 0 Å².